The van der Waals surface area contributed by atoms with Crippen molar-refractivity contribution in [1.82, 2.24) is 10.0 Å². The van der Waals surface area contributed by atoms with E-state index in [0.717, 1.165) is 35.1 Å². The first-order chi connectivity index (χ1) is 9.94. The maximum atomic E-state index is 12.5. The van der Waals surface area contributed by atoms with Gasteiger partial charge in [-0.05, 0) is 37.6 Å². The van der Waals surface area contributed by atoms with E-state index in [2.05, 4.69) is 26.0 Å². The van der Waals surface area contributed by atoms with Crippen molar-refractivity contribution in [3.8, 4) is 5.75 Å². The Balaban J connectivity index is 2.22. The van der Waals surface area contributed by atoms with Gasteiger partial charge in [0.1, 0.15) is 10.6 Å². The van der Waals surface area contributed by atoms with E-state index in [1.54, 1.807) is 12.1 Å². The van der Waals surface area contributed by atoms with E-state index in [1.807, 2.05) is 13.0 Å². The summed E-state index contributed by atoms with van der Waals surface area (Å²) in [4.78, 5) is 0.150. The highest BCUT2D eigenvalue weighted by Gasteiger charge is 2.21. The highest BCUT2D eigenvalue weighted by atomic mass is 79.9. The van der Waals surface area contributed by atoms with Crippen molar-refractivity contribution < 1.29 is 13.2 Å². The molecule has 0 saturated carbocycles. The van der Waals surface area contributed by atoms with Crippen molar-refractivity contribution in [1.29, 1.82) is 0 Å². The van der Waals surface area contributed by atoms with E-state index in [0.29, 0.717) is 12.3 Å². The summed E-state index contributed by atoms with van der Waals surface area (Å²) in [7, 11) is -2.14. The summed E-state index contributed by atoms with van der Waals surface area (Å²) in [6.07, 6.45) is 2.88. The topological polar surface area (TPSA) is 67.4 Å². The van der Waals surface area contributed by atoms with Crippen LogP contribution >= 0.6 is 15.9 Å². The molecule has 0 spiro atoms. The van der Waals surface area contributed by atoms with Gasteiger partial charge < -0.3 is 10.1 Å². The molecule has 0 amide bonds. The van der Waals surface area contributed by atoms with Gasteiger partial charge >= 0.3 is 0 Å². The normalized spacial score (nSPS) is 15.7. The molecule has 2 rings (SSSR count). The number of benzene rings is 1. The molecule has 1 aliphatic rings. The van der Waals surface area contributed by atoms with Gasteiger partial charge in [-0.2, -0.15) is 0 Å². The molecular weight excluding hydrogens is 356 g/mol. The first kappa shape index (κ1) is 16.5. The predicted molar refractivity (Wildman–Crippen MR) is 86.2 cm³/mol. The fraction of sp³-hybridized carbons (Fsp3) is 0.429. The highest BCUT2D eigenvalue weighted by molar-refractivity contribution is 9.10. The van der Waals surface area contributed by atoms with Crippen LogP contribution in [0.2, 0.25) is 0 Å². The third-order valence-corrected chi connectivity index (χ3v) is 5.66. The van der Waals surface area contributed by atoms with E-state index in [-0.39, 0.29) is 4.90 Å². The molecule has 0 aromatic heterocycles. The van der Waals surface area contributed by atoms with Gasteiger partial charge in [0.15, 0.2) is 0 Å². The minimum absolute atomic E-state index is 0.150. The van der Waals surface area contributed by atoms with Crippen LogP contribution in [-0.4, -0.2) is 35.2 Å². The second-order valence-electron chi connectivity index (χ2n) is 4.89. The SMILES string of the molecule is COc1cc(C)c(Br)cc1S(=O)(=O)NCC1=CCNCC1. The van der Waals surface area contributed by atoms with Gasteiger partial charge in [-0.25, -0.2) is 13.1 Å². The Morgan fingerprint density at radius 1 is 1.43 bits per heavy atom. The number of aryl methyl sites for hydroxylation is 1. The van der Waals surface area contributed by atoms with Gasteiger partial charge in [-0.15, -0.1) is 0 Å². The lowest BCUT2D eigenvalue weighted by Crippen LogP contribution is -2.30. The Morgan fingerprint density at radius 2 is 2.19 bits per heavy atom. The van der Waals surface area contributed by atoms with Crippen LogP contribution in [0.5, 0.6) is 5.75 Å². The maximum absolute atomic E-state index is 12.5. The summed E-state index contributed by atoms with van der Waals surface area (Å²) >= 11 is 3.36. The number of halogens is 1. The molecule has 1 heterocycles. The van der Waals surface area contributed by atoms with Crippen LogP contribution in [0.3, 0.4) is 0 Å². The van der Waals surface area contributed by atoms with E-state index < -0.39 is 10.0 Å². The van der Waals surface area contributed by atoms with E-state index in [4.69, 9.17) is 4.74 Å². The van der Waals surface area contributed by atoms with E-state index in [1.165, 1.54) is 7.11 Å². The molecule has 0 saturated heterocycles. The first-order valence-corrected chi connectivity index (χ1v) is 8.94. The van der Waals surface area contributed by atoms with Crippen LogP contribution in [0.25, 0.3) is 0 Å². The summed E-state index contributed by atoms with van der Waals surface area (Å²) in [5, 5.41) is 3.20. The van der Waals surface area contributed by atoms with E-state index >= 15 is 0 Å². The number of methoxy groups -OCH3 is 1. The largest absolute Gasteiger partial charge is 0.495 e. The molecule has 0 aliphatic carbocycles. The summed E-state index contributed by atoms with van der Waals surface area (Å²) in [5.41, 5.74) is 2.02. The lowest BCUT2D eigenvalue weighted by Gasteiger charge is -2.16. The van der Waals surface area contributed by atoms with Crippen LogP contribution < -0.4 is 14.8 Å². The molecule has 5 nitrogen and oxygen atoms in total. The molecule has 2 N–H and O–H groups in total. The molecule has 116 valence electrons. The third kappa shape index (κ3) is 4.06. The first-order valence-electron chi connectivity index (χ1n) is 6.66. The Labute approximate surface area is 133 Å². The summed E-state index contributed by atoms with van der Waals surface area (Å²) in [6.45, 7) is 3.89. The molecule has 0 atom stereocenters. The molecule has 1 aromatic carbocycles. The summed E-state index contributed by atoms with van der Waals surface area (Å²) < 4.78 is 33.5. The smallest absolute Gasteiger partial charge is 0.244 e. The fourth-order valence-electron chi connectivity index (χ4n) is 2.10. The van der Waals surface area contributed by atoms with Crippen molar-refractivity contribution in [3.63, 3.8) is 0 Å². The van der Waals surface area contributed by atoms with Crippen LogP contribution in [0, 0.1) is 6.92 Å². The van der Waals surface area contributed by atoms with Gasteiger partial charge in [0, 0.05) is 17.6 Å². The molecule has 1 aliphatic heterocycles. The minimum Gasteiger partial charge on any atom is -0.495 e. The second-order valence-corrected chi connectivity index (χ2v) is 7.48. The molecule has 21 heavy (non-hydrogen) atoms. The Bertz CT molecular complexity index is 656. The van der Waals surface area contributed by atoms with Crippen molar-refractivity contribution >= 4 is 26.0 Å². The maximum Gasteiger partial charge on any atom is 0.244 e. The van der Waals surface area contributed by atoms with Crippen LogP contribution in [0.15, 0.2) is 33.2 Å². The summed E-state index contributed by atoms with van der Waals surface area (Å²) in [6, 6.07) is 3.29. The lowest BCUT2D eigenvalue weighted by molar-refractivity contribution is 0.402. The molecule has 7 heteroatoms. The van der Waals surface area contributed by atoms with Crippen LogP contribution in [0.1, 0.15) is 12.0 Å². The summed E-state index contributed by atoms with van der Waals surface area (Å²) in [5.74, 6) is 0.350. The number of nitrogens with one attached hydrogen (secondary N) is 2. The van der Waals surface area contributed by atoms with Crippen molar-refractivity contribution in [2.45, 2.75) is 18.2 Å². The Hall–Kier alpha value is -0.890. The number of hydrogen-bond donors (Lipinski definition) is 2. The van der Waals surface area contributed by atoms with Crippen molar-refractivity contribution in [2.24, 2.45) is 0 Å². The Kier molecular flexibility index (Phi) is 5.43. The number of sulfonamides is 1. The van der Waals surface area contributed by atoms with Crippen molar-refractivity contribution in [2.75, 3.05) is 26.7 Å². The van der Waals surface area contributed by atoms with Gasteiger partial charge in [0.25, 0.3) is 0 Å². The van der Waals surface area contributed by atoms with Crippen LogP contribution in [-0.2, 0) is 10.0 Å². The van der Waals surface area contributed by atoms with Gasteiger partial charge in [-0.3, -0.25) is 0 Å². The molecule has 1 aromatic rings. The van der Waals surface area contributed by atoms with E-state index in [9.17, 15) is 8.42 Å². The molecule has 0 radical (unpaired) electrons. The van der Waals surface area contributed by atoms with Gasteiger partial charge in [0.2, 0.25) is 10.0 Å². The minimum atomic E-state index is -3.61. The predicted octanol–water partition coefficient (Wildman–Crippen LogP) is 1.96. The monoisotopic (exact) mass is 374 g/mol. The average molecular weight is 375 g/mol. The quantitative estimate of drug-likeness (QED) is 0.773. The number of ether oxygens (including phenoxy) is 1. The Morgan fingerprint density at radius 3 is 2.81 bits per heavy atom. The molecular formula is C14H19BrN2O3S. The average Bonchev–Trinajstić information content (AvgIpc) is 2.48. The zero-order valence-corrected chi connectivity index (χ0v) is 14.5. The molecule has 0 fully saturated rings. The zero-order chi connectivity index (χ0) is 15.5. The van der Waals surface area contributed by atoms with Gasteiger partial charge in [-0.1, -0.05) is 27.6 Å². The standard InChI is InChI=1S/C14H19BrN2O3S/c1-10-7-13(20-2)14(8-12(10)15)21(18,19)17-9-11-3-5-16-6-4-11/h3,7-8,16-17H,4-6,9H2,1-2H3. The highest BCUT2D eigenvalue weighted by Crippen LogP contribution is 2.30. The third-order valence-electron chi connectivity index (χ3n) is 3.38. The molecule has 0 unspecified atom stereocenters. The number of hydrogen-bond acceptors (Lipinski definition) is 4. The van der Waals surface area contributed by atoms with Gasteiger partial charge in [0.05, 0.1) is 7.11 Å². The zero-order valence-electron chi connectivity index (χ0n) is 12.1. The van der Waals surface area contributed by atoms with Crippen LogP contribution in [0.4, 0.5) is 0 Å². The second kappa shape index (κ2) is 6.91. The molecule has 0 bridgehead atoms. The number of rotatable bonds is 5. The lowest BCUT2D eigenvalue weighted by atomic mass is 10.1. The fourth-order valence-corrected chi connectivity index (χ4v) is 3.81. The van der Waals surface area contributed by atoms with Crippen molar-refractivity contribution in [3.05, 3.63) is 33.8 Å².